The summed E-state index contributed by atoms with van der Waals surface area (Å²) in [6.45, 7) is 1.77. The first-order valence-electron chi connectivity index (χ1n) is 6.16. The maximum absolute atomic E-state index is 12.9. The topological polar surface area (TPSA) is 46.2 Å². The smallest absolute Gasteiger partial charge is 0.278 e. The van der Waals surface area contributed by atoms with Crippen LogP contribution < -0.4 is 4.72 Å². The minimum atomic E-state index is -4.76. The molecular formula is C14H10Cl2F3NO2S. The van der Waals surface area contributed by atoms with Gasteiger partial charge in [-0.3, -0.25) is 4.72 Å². The van der Waals surface area contributed by atoms with Crippen molar-refractivity contribution in [3.05, 3.63) is 57.6 Å². The Morgan fingerprint density at radius 2 is 1.61 bits per heavy atom. The highest BCUT2D eigenvalue weighted by molar-refractivity contribution is 7.92. The summed E-state index contributed by atoms with van der Waals surface area (Å²) in [7, 11) is -4.09. The van der Waals surface area contributed by atoms with Crippen molar-refractivity contribution in [1.82, 2.24) is 0 Å². The Hall–Kier alpha value is -1.44. The molecule has 0 aliphatic heterocycles. The quantitative estimate of drug-likeness (QED) is 0.799. The van der Waals surface area contributed by atoms with E-state index in [9.17, 15) is 21.6 Å². The van der Waals surface area contributed by atoms with E-state index in [1.807, 2.05) is 4.72 Å². The number of rotatable bonds is 3. The Morgan fingerprint density at radius 3 is 2.13 bits per heavy atom. The molecule has 124 valence electrons. The fourth-order valence-electron chi connectivity index (χ4n) is 1.79. The van der Waals surface area contributed by atoms with Gasteiger partial charge in [0.2, 0.25) is 0 Å². The van der Waals surface area contributed by atoms with Gasteiger partial charge in [-0.05, 0) is 31.2 Å². The lowest BCUT2D eigenvalue weighted by Crippen LogP contribution is -2.15. The Labute approximate surface area is 141 Å². The molecule has 0 saturated heterocycles. The average molecular weight is 384 g/mol. The lowest BCUT2D eigenvalue weighted by atomic mass is 10.2. The summed E-state index contributed by atoms with van der Waals surface area (Å²) in [5.74, 6) is 0. The van der Waals surface area contributed by atoms with E-state index in [2.05, 4.69) is 0 Å². The second-order valence-corrected chi connectivity index (χ2v) is 7.23. The van der Waals surface area contributed by atoms with Gasteiger partial charge in [-0.25, -0.2) is 8.42 Å². The molecule has 3 nitrogen and oxygen atoms in total. The molecule has 0 aromatic heterocycles. The molecule has 0 amide bonds. The average Bonchev–Trinajstić information content (AvgIpc) is 2.41. The molecule has 2 aromatic carbocycles. The van der Waals surface area contributed by atoms with Crippen LogP contribution in [0.2, 0.25) is 10.0 Å². The maximum Gasteiger partial charge on any atom is 0.417 e. The predicted molar refractivity (Wildman–Crippen MR) is 83.5 cm³/mol. The molecule has 0 heterocycles. The molecule has 0 saturated carbocycles. The summed E-state index contributed by atoms with van der Waals surface area (Å²) in [4.78, 5) is -0.104. The minimum Gasteiger partial charge on any atom is -0.278 e. The van der Waals surface area contributed by atoms with Crippen LogP contribution in [0.5, 0.6) is 0 Å². The molecule has 2 aromatic rings. The molecule has 23 heavy (non-hydrogen) atoms. The van der Waals surface area contributed by atoms with Crippen molar-refractivity contribution in [3.8, 4) is 0 Å². The van der Waals surface area contributed by atoms with Gasteiger partial charge in [0, 0.05) is 5.02 Å². The van der Waals surface area contributed by atoms with Crippen molar-refractivity contribution in [2.75, 3.05) is 4.72 Å². The van der Waals surface area contributed by atoms with Crippen LogP contribution in [0.25, 0.3) is 0 Å². The van der Waals surface area contributed by atoms with E-state index in [1.54, 1.807) is 19.1 Å². The molecule has 1 N–H and O–H groups in total. The summed E-state index contributed by atoms with van der Waals surface area (Å²) in [6, 6.07) is 7.45. The molecular weight excluding hydrogens is 374 g/mol. The number of hydrogen-bond donors (Lipinski definition) is 1. The van der Waals surface area contributed by atoms with Crippen molar-refractivity contribution in [1.29, 1.82) is 0 Å². The zero-order chi connectivity index (χ0) is 17.4. The molecule has 0 aliphatic rings. The van der Waals surface area contributed by atoms with Crippen LogP contribution in [0.3, 0.4) is 0 Å². The third-order valence-corrected chi connectivity index (χ3v) is 4.93. The number of benzene rings is 2. The Balaban J connectivity index is 2.48. The standard InChI is InChI=1S/C14H10Cl2F3NO2S/c1-8-2-4-10(5-3-8)23(21,22)20-12-7-9(15)6-11(13(12)16)14(17,18)19/h2-7,20H,1H3. The lowest BCUT2D eigenvalue weighted by molar-refractivity contribution is -0.137. The largest absolute Gasteiger partial charge is 0.417 e. The number of halogens is 5. The van der Waals surface area contributed by atoms with Gasteiger partial charge in [0.05, 0.1) is 21.2 Å². The van der Waals surface area contributed by atoms with Crippen LogP contribution in [0.15, 0.2) is 41.3 Å². The zero-order valence-electron chi connectivity index (χ0n) is 11.6. The van der Waals surface area contributed by atoms with Gasteiger partial charge in [0.25, 0.3) is 10.0 Å². The van der Waals surface area contributed by atoms with Gasteiger partial charge in [0.1, 0.15) is 0 Å². The van der Waals surface area contributed by atoms with Gasteiger partial charge >= 0.3 is 6.18 Å². The van der Waals surface area contributed by atoms with E-state index in [1.165, 1.54) is 12.1 Å². The Bertz CT molecular complexity index is 834. The molecule has 0 fully saturated rings. The number of alkyl halides is 3. The van der Waals surface area contributed by atoms with Crippen LogP contribution >= 0.6 is 23.2 Å². The number of nitrogens with one attached hydrogen (secondary N) is 1. The van der Waals surface area contributed by atoms with Crippen LogP contribution in [-0.2, 0) is 16.2 Å². The Kier molecular flexibility index (Phi) is 4.84. The number of anilines is 1. The second-order valence-electron chi connectivity index (χ2n) is 4.73. The van der Waals surface area contributed by atoms with Crippen LogP contribution in [-0.4, -0.2) is 8.42 Å². The van der Waals surface area contributed by atoms with E-state index in [4.69, 9.17) is 23.2 Å². The van der Waals surface area contributed by atoms with Crippen molar-refractivity contribution in [2.24, 2.45) is 0 Å². The zero-order valence-corrected chi connectivity index (χ0v) is 13.9. The second kappa shape index (κ2) is 6.22. The van der Waals surface area contributed by atoms with Gasteiger partial charge in [-0.1, -0.05) is 40.9 Å². The normalized spacial score (nSPS) is 12.3. The third-order valence-electron chi connectivity index (χ3n) is 2.92. The molecule has 0 atom stereocenters. The molecule has 9 heteroatoms. The molecule has 0 aliphatic carbocycles. The molecule has 0 spiro atoms. The number of aryl methyl sites for hydroxylation is 1. The van der Waals surface area contributed by atoms with Crippen LogP contribution in [0, 0.1) is 6.92 Å². The first-order valence-corrected chi connectivity index (χ1v) is 8.40. The minimum absolute atomic E-state index is 0.104. The lowest BCUT2D eigenvalue weighted by Gasteiger charge is -2.15. The van der Waals surface area contributed by atoms with E-state index in [0.29, 0.717) is 6.07 Å². The van der Waals surface area contributed by atoms with Gasteiger partial charge in [0.15, 0.2) is 0 Å². The van der Waals surface area contributed by atoms with E-state index in [-0.39, 0.29) is 9.92 Å². The highest BCUT2D eigenvalue weighted by Gasteiger charge is 2.35. The fraction of sp³-hybridized carbons (Fsp3) is 0.143. The van der Waals surface area contributed by atoms with Crippen LogP contribution in [0.1, 0.15) is 11.1 Å². The summed E-state index contributed by atoms with van der Waals surface area (Å²) < 4.78 is 65.2. The first-order chi connectivity index (χ1) is 10.5. The highest BCUT2D eigenvalue weighted by Crippen LogP contribution is 2.40. The van der Waals surface area contributed by atoms with E-state index < -0.39 is 32.5 Å². The summed E-state index contributed by atoms with van der Waals surface area (Å²) in [5.41, 5.74) is -0.815. The molecule has 0 radical (unpaired) electrons. The number of sulfonamides is 1. The van der Waals surface area contributed by atoms with E-state index in [0.717, 1.165) is 11.6 Å². The predicted octanol–water partition coefficient (Wildman–Crippen LogP) is 5.12. The van der Waals surface area contributed by atoms with Gasteiger partial charge in [-0.15, -0.1) is 0 Å². The highest BCUT2D eigenvalue weighted by atomic mass is 35.5. The van der Waals surface area contributed by atoms with Crippen molar-refractivity contribution < 1.29 is 21.6 Å². The summed E-state index contributed by atoms with van der Waals surface area (Å²) >= 11 is 11.3. The van der Waals surface area contributed by atoms with Crippen LogP contribution in [0.4, 0.5) is 18.9 Å². The van der Waals surface area contributed by atoms with Crippen molar-refractivity contribution in [2.45, 2.75) is 18.0 Å². The Morgan fingerprint density at radius 1 is 1.04 bits per heavy atom. The first kappa shape index (κ1) is 17.9. The maximum atomic E-state index is 12.9. The molecule has 0 unspecified atom stereocenters. The third kappa shape index (κ3) is 4.10. The fourth-order valence-corrected chi connectivity index (χ4v) is 3.39. The van der Waals surface area contributed by atoms with Gasteiger partial charge < -0.3 is 0 Å². The number of hydrogen-bond acceptors (Lipinski definition) is 2. The molecule has 2 rings (SSSR count). The van der Waals surface area contributed by atoms with E-state index >= 15 is 0 Å². The summed E-state index contributed by atoms with van der Waals surface area (Å²) in [5, 5.41) is -1.05. The summed E-state index contributed by atoms with van der Waals surface area (Å²) in [6.07, 6.45) is -4.76. The van der Waals surface area contributed by atoms with Crippen molar-refractivity contribution >= 4 is 38.9 Å². The van der Waals surface area contributed by atoms with Crippen molar-refractivity contribution in [3.63, 3.8) is 0 Å². The SMILES string of the molecule is Cc1ccc(S(=O)(=O)Nc2cc(Cl)cc(C(F)(F)F)c2Cl)cc1. The molecule has 0 bridgehead atoms. The monoisotopic (exact) mass is 383 g/mol. The van der Waals surface area contributed by atoms with Gasteiger partial charge in [-0.2, -0.15) is 13.2 Å².